The molecule has 0 aliphatic carbocycles. The second kappa shape index (κ2) is 4.53. The lowest BCUT2D eigenvalue weighted by Gasteiger charge is -2.00. The van der Waals surface area contributed by atoms with E-state index in [0.29, 0.717) is 11.0 Å². The molecule has 4 heteroatoms. The van der Waals surface area contributed by atoms with E-state index >= 15 is 0 Å². The maximum atomic E-state index is 13.4. The summed E-state index contributed by atoms with van der Waals surface area (Å²) in [7, 11) is 0. The van der Waals surface area contributed by atoms with Crippen molar-refractivity contribution in [1.82, 2.24) is 9.78 Å². The summed E-state index contributed by atoms with van der Waals surface area (Å²) in [4.78, 5) is 0. The lowest BCUT2D eigenvalue weighted by Crippen LogP contribution is -1.99. The van der Waals surface area contributed by atoms with Crippen molar-refractivity contribution in [3.63, 3.8) is 0 Å². The normalized spacial score (nSPS) is 11.0. The highest BCUT2D eigenvalue weighted by Crippen LogP contribution is 2.22. The van der Waals surface area contributed by atoms with E-state index in [2.05, 4.69) is 21.0 Å². The van der Waals surface area contributed by atoms with E-state index in [1.165, 1.54) is 11.6 Å². The van der Waals surface area contributed by atoms with Crippen LogP contribution in [0.3, 0.4) is 0 Å². The summed E-state index contributed by atoms with van der Waals surface area (Å²) in [6.07, 6.45) is 1.86. The molecular formula is C14H10BrFN2. The topological polar surface area (TPSA) is 17.8 Å². The van der Waals surface area contributed by atoms with E-state index < -0.39 is 0 Å². The molecule has 3 aromatic rings. The second-order valence-electron chi connectivity index (χ2n) is 4.14. The summed E-state index contributed by atoms with van der Waals surface area (Å²) in [6, 6.07) is 13.3. The minimum atomic E-state index is -0.262. The van der Waals surface area contributed by atoms with Gasteiger partial charge in [-0.1, -0.05) is 30.3 Å². The van der Waals surface area contributed by atoms with Gasteiger partial charge in [-0.2, -0.15) is 5.10 Å². The summed E-state index contributed by atoms with van der Waals surface area (Å²) in [5, 5.41) is 5.24. The van der Waals surface area contributed by atoms with Gasteiger partial charge in [0.05, 0.1) is 16.5 Å². The molecule has 0 bridgehead atoms. The Morgan fingerprint density at radius 2 is 1.94 bits per heavy atom. The Bertz CT molecular complexity index is 653. The quantitative estimate of drug-likeness (QED) is 0.700. The number of nitrogens with zero attached hydrogens (tertiary/aromatic N) is 2. The number of halogens is 2. The first kappa shape index (κ1) is 11.4. The second-order valence-corrected chi connectivity index (χ2v) is 4.99. The van der Waals surface area contributed by atoms with Gasteiger partial charge in [0, 0.05) is 11.6 Å². The molecule has 0 aliphatic rings. The SMILES string of the molecule is Fc1cc2cn(Cc3ccccc3)nc2cc1Br. The van der Waals surface area contributed by atoms with Gasteiger partial charge < -0.3 is 0 Å². The molecule has 0 aliphatic heterocycles. The van der Waals surface area contributed by atoms with Crippen LogP contribution in [-0.2, 0) is 6.54 Å². The van der Waals surface area contributed by atoms with E-state index in [0.717, 1.165) is 10.9 Å². The molecule has 0 unspecified atom stereocenters. The van der Waals surface area contributed by atoms with Gasteiger partial charge in [0.2, 0.25) is 0 Å². The average molecular weight is 305 g/mol. The van der Waals surface area contributed by atoms with Gasteiger partial charge in [-0.3, -0.25) is 4.68 Å². The van der Waals surface area contributed by atoms with E-state index in [4.69, 9.17) is 0 Å². The van der Waals surface area contributed by atoms with Gasteiger partial charge in [0.15, 0.2) is 0 Å². The number of benzene rings is 2. The van der Waals surface area contributed by atoms with Gasteiger partial charge in [0.1, 0.15) is 5.82 Å². The average Bonchev–Trinajstić information content (AvgIpc) is 2.72. The number of fused-ring (bicyclic) bond motifs is 1. The van der Waals surface area contributed by atoms with Crippen LogP contribution in [-0.4, -0.2) is 9.78 Å². The first-order valence-corrected chi connectivity index (χ1v) is 6.38. The Kier molecular flexibility index (Phi) is 2.88. The van der Waals surface area contributed by atoms with Crippen molar-refractivity contribution in [2.24, 2.45) is 0 Å². The van der Waals surface area contributed by atoms with Crippen LogP contribution in [0.2, 0.25) is 0 Å². The lowest BCUT2D eigenvalue weighted by atomic mass is 10.2. The van der Waals surface area contributed by atoms with Crippen LogP contribution in [0.1, 0.15) is 5.56 Å². The van der Waals surface area contributed by atoms with Crippen molar-refractivity contribution >= 4 is 26.8 Å². The molecule has 18 heavy (non-hydrogen) atoms. The van der Waals surface area contributed by atoms with Crippen molar-refractivity contribution in [2.75, 3.05) is 0 Å². The highest BCUT2D eigenvalue weighted by atomic mass is 79.9. The van der Waals surface area contributed by atoms with Gasteiger partial charge in [-0.15, -0.1) is 0 Å². The monoisotopic (exact) mass is 304 g/mol. The molecule has 0 fully saturated rings. The number of rotatable bonds is 2. The third-order valence-corrected chi connectivity index (χ3v) is 3.39. The van der Waals surface area contributed by atoms with Crippen molar-refractivity contribution in [3.8, 4) is 0 Å². The first-order chi connectivity index (χ1) is 8.72. The predicted octanol–water partition coefficient (Wildman–Crippen LogP) is 3.99. The molecule has 0 saturated heterocycles. The molecular weight excluding hydrogens is 295 g/mol. The predicted molar refractivity (Wildman–Crippen MR) is 72.9 cm³/mol. The summed E-state index contributed by atoms with van der Waals surface area (Å²) < 4.78 is 15.7. The minimum absolute atomic E-state index is 0.262. The fraction of sp³-hybridized carbons (Fsp3) is 0.0714. The van der Waals surface area contributed by atoms with Crippen LogP contribution in [0.4, 0.5) is 4.39 Å². The molecule has 0 amide bonds. The summed E-state index contributed by atoms with van der Waals surface area (Å²) in [5.41, 5.74) is 1.96. The van der Waals surface area contributed by atoms with E-state index in [1.807, 2.05) is 41.2 Å². The van der Waals surface area contributed by atoms with Gasteiger partial charge in [-0.25, -0.2) is 4.39 Å². The van der Waals surface area contributed by atoms with Crippen LogP contribution in [0, 0.1) is 5.82 Å². The molecule has 2 nitrogen and oxygen atoms in total. The van der Waals surface area contributed by atoms with Crippen LogP contribution in [0.5, 0.6) is 0 Å². The molecule has 90 valence electrons. The first-order valence-electron chi connectivity index (χ1n) is 5.58. The fourth-order valence-corrected chi connectivity index (χ4v) is 2.25. The summed E-state index contributed by atoms with van der Waals surface area (Å²) >= 11 is 3.17. The summed E-state index contributed by atoms with van der Waals surface area (Å²) in [5.74, 6) is -0.262. The van der Waals surface area contributed by atoms with E-state index in [1.54, 1.807) is 6.07 Å². The highest BCUT2D eigenvalue weighted by molar-refractivity contribution is 9.10. The van der Waals surface area contributed by atoms with Crippen molar-refractivity contribution in [2.45, 2.75) is 6.54 Å². The van der Waals surface area contributed by atoms with E-state index in [9.17, 15) is 4.39 Å². The lowest BCUT2D eigenvalue weighted by molar-refractivity contribution is 0.623. The Balaban J connectivity index is 1.99. The fourth-order valence-electron chi connectivity index (χ4n) is 1.92. The third-order valence-electron chi connectivity index (χ3n) is 2.78. The molecule has 1 heterocycles. The molecule has 3 rings (SSSR count). The zero-order chi connectivity index (χ0) is 12.5. The van der Waals surface area contributed by atoms with Gasteiger partial charge in [0.25, 0.3) is 0 Å². The van der Waals surface area contributed by atoms with Crippen molar-refractivity contribution < 1.29 is 4.39 Å². The molecule has 1 aromatic heterocycles. The minimum Gasteiger partial charge on any atom is -0.267 e. The zero-order valence-corrected chi connectivity index (χ0v) is 11.1. The third kappa shape index (κ3) is 2.16. The molecule has 0 spiro atoms. The molecule has 0 saturated carbocycles. The maximum absolute atomic E-state index is 13.4. The van der Waals surface area contributed by atoms with Gasteiger partial charge >= 0.3 is 0 Å². The Labute approximate surface area is 112 Å². The molecule has 0 N–H and O–H groups in total. The van der Waals surface area contributed by atoms with Crippen LogP contribution >= 0.6 is 15.9 Å². The Morgan fingerprint density at radius 1 is 1.17 bits per heavy atom. The van der Waals surface area contributed by atoms with E-state index in [-0.39, 0.29) is 5.82 Å². The summed E-state index contributed by atoms with van der Waals surface area (Å²) in [6.45, 7) is 0.689. The number of hydrogen-bond acceptors (Lipinski definition) is 1. The number of hydrogen-bond donors (Lipinski definition) is 0. The smallest absolute Gasteiger partial charge is 0.138 e. The largest absolute Gasteiger partial charge is 0.267 e. The highest BCUT2D eigenvalue weighted by Gasteiger charge is 2.06. The van der Waals surface area contributed by atoms with Crippen molar-refractivity contribution in [3.05, 3.63) is 64.5 Å². The van der Waals surface area contributed by atoms with Gasteiger partial charge in [-0.05, 0) is 33.6 Å². The van der Waals surface area contributed by atoms with Crippen LogP contribution < -0.4 is 0 Å². The molecule has 0 atom stereocenters. The molecule has 0 radical (unpaired) electrons. The maximum Gasteiger partial charge on any atom is 0.138 e. The van der Waals surface area contributed by atoms with Crippen molar-refractivity contribution in [1.29, 1.82) is 0 Å². The Morgan fingerprint density at radius 3 is 2.72 bits per heavy atom. The number of aromatic nitrogens is 2. The van der Waals surface area contributed by atoms with Crippen LogP contribution in [0.15, 0.2) is 53.1 Å². The van der Waals surface area contributed by atoms with Crippen LogP contribution in [0.25, 0.3) is 10.9 Å². The molecule has 2 aromatic carbocycles. The zero-order valence-electron chi connectivity index (χ0n) is 9.48. The Hall–Kier alpha value is -1.68. The standard InChI is InChI=1S/C14H10BrFN2/c15-12-7-14-11(6-13(12)16)9-18(17-14)8-10-4-2-1-3-5-10/h1-7,9H,8H2.